The van der Waals surface area contributed by atoms with E-state index in [4.69, 9.17) is 0 Å². The molecule has 0 aliphatic heterocycles. The number of fused-ring (bicyclic) bond motifs is 1. The van der Waals surface area contributed by atoms with Gasteiger partial charge in [0.15, 0.2) is 0 Å². The van der Waals surface area contributed by atoms with Crippen LogP contribution in [-0.4, -0.2) is 25.7 Å². The molecule has 4 aromatic rings. The predicted octanol–water partition coefficient (Wildman–Crippen LogP) is 3.61. The molecular formula is C22H23N5O. The zero-order valence-corrected chi connectivity index (χ0v) is 16.1. The molecule has 0 radical (unpaired) electrons. The fourth-order valence-electron chi connectivity index (χ4n) is 3.31. The summed E-state index contributed by atoms with van der Waals surface area (Å²) in [5.74, 6) is 0.784. The van der Waals surface area contributed by atoms with Crippen LogP contribution in [0, 0.1) is 13.8 Å². The van der Waals surface area contributed by atoms with Crippen LogP contribution in [0.2, 0.25) is 0 Å². The van der Waals surface area contributed by atoms with Crippen LogP contribution < -0.4 is 5.32 Å². The van der Waals surface area contributed by atoms with Gasteiger partial charge < -0.3 is 10.3 Å². The maximum absolute atomic E-state index is 12.2. The minimum atomic E-state index is 0.0167. The quantitative estimate of drug-likeness (QED) is 0.542. The maximum atomic E-state index is 12.2. The number of hydrogen-bond acceptors (Lipinski definition) is 3. The molecule has 6 heteroatoms. The Hall–Kier alpha value is -3.41. The van der Waals surface area contributed by atoms with Gasteiger partial charge in [0.2, 0.25) is 5.91 Å². The van der Waals surface area contributed by atoms with Gasteiger partial charge >= 0.3 is 0 Å². The summed E-state index contributed by atoms with van der Waals surface area (Å²) in [4.78, 5) is 19.9. The molecule has 1 amide bonds. The number of nitrogens with one attached hydrogen (secondary N) is 2. The second-order valence-electron chi connectivity index (χ2n) is 6.98. The molecule has 0 saturated carbocycles. The molecule has 2 N–H and O–H groups in total. The molecule has 0 fully saturated rings. The van der Waals surface area contributed by atoms with Gasteiger partial charge in [-0.3, -0.25) is 4.79 Å². The van der Waals surface area contributed by atoms with Gasteiger partial charge in [0, 0.05) is 12.1 Å². The van der Waals surface area contributed by atoms with Crippen LogP contribution in [0.25, 0.3) is 16.7 Å². The van der Waals surface area contributed by atoms with Gasteiger partial charge in [-0.15, -0.1) is 0 Å². The summed E-state index contributed by atoms with van der Waals surface area (Å²) in [7, 11) is 0. The van der Waals surface area contributed by atoms with Gasteiger partial charge in [-0.2, -0.15) is 5.10 Å². The number of carbonyl (C=O) groups is 1. The Morgan fingerprint density at radius 2 is 1.89 bits per heavy atom. The largest absolute Gasteiger partial charge is 0.349 e. The Labute approximate surface area is 163 Å². The van der Waals surface area contributed by atoms with Crippen molar-refractivity contribution in [2.24, 2.45) is 0 Å². The lowest BCUT2D eigenvalue weighted by Crippen LogP contribution is -2.23. The van der Waals surface area contributed by atoms with Crippen LogP contribution in [0.15, 0.2) is 54.6 Å². The smallest absolute Gasteiger partial charge is 0.220 e. The SMILES string of the molecule is Cc1cc(C)n(-c2ccc(CCC(=O)NCc3nc4ccccc4[nH]3)cc2)n1. The number of imidazole rings is 1. The minimum Gasteiger partial charge on any atom is -0.349 e. The fourth-order valence-corrected chi connectivity index (χ4v) is 3.31. The third-order valence-corrected chi connectivity index (χ3v) is 4.72. The zero-order valence-electron chi connectivity index (χ0n) is 16.1. The highest BCUT2D eigenvalue weighted by Crippen LogP contribution is 2.14. The molecule has 2 heterocycles. The standard InChI is InChI=1S/C22H23N5O/c1-15-13-16(2)27(26-15)18-10-7-17(8-11-18)9-12-22(28)23-14-21-24-19-5-3-4-6-20(19)25-21/h3-8,10-11,13H,9,12,14H2,1-2H3,(H,23,28)(H,24,25). The summed E-state index contributed by atoms with van der Waals surface area (Å²) >= 11 is 0. The number of amides is 1. The molecule has 28 heavy (non-hydrogen) atoms. The van der Waals surface area contributed by atoms with Gasteiger partial charge in [0.05, 0.1) is 29.0 Å². The molecule has 2 aromatic heterocycles. The lowest BCUT2D eigenvalue weighted by Gasteiger charge is -2.07. The van der Waals surface area contributed by atoms with Gasteiger partial charge in [-0.1, -0.05) is 24.3 Å². The number of H-pyrrole nitrogens is 1. The molecule has 6 nitrogen and oxygen atoms in total. The second kappa shape index (κ2) is 7.68. The highest BCUT2D eigenvalue weighted by Gasteiger charge is 2.07. The van der Waals surface area contributed by atoms with Crippen molar-refractivity contribution in [3.8, 4) is 5.69 Å². The highest BCUT2D eigenvalue weighted by atomic mass is 16.1. The van der Waals surface area contributed by atoms with Crippen molar-refractivity contribution in [1.29, 1.82) is 0 Å². The second-order valence-corrected chi connectivity index (χ2v) is 6.98. The zero-order chi connectivity index (χ0) is 19.5. The summed E-state index contributed by atoms with van der Waals surface area (Å²) < 4.78 is 1.93. The molecular weight excluding hydrogens is 350 g/mol. The fraction of sp³-hybridized carbons (Fsp3) is 0.227. The number of para-hydroxylation sites is 2. The summed E-state index contributed by atoms with van der Waals surface area (Å²) in [6, 6.07) is 18.1. The Kier molecular flexibility index (Phi) is 4.93. The van der Waals surface area contributed by atoms with Crippen molar-refractivity contribution in [2.45, 2.75) is 33.2 Å². The number of rotatable bonds is 6. The van der Waals surface area contributed by atoms with E-state index in [1.54, 1.807) is 0 Å². The molecule has 0 aliphatic carbocycles. The number of hydrogen-bond donors (Lipinski definition) is 2. The Balaban J connectivity index is 1.30. The van der Waals surface area contributed by atoms with E-state index in [0.717, 1.165) is 39.5 Å². The van der Waals surface area contributed by atoms with Crippen molar-refractivity contribution in [1.82, 2.24) is 25.1 Å². The van der Waals surface area contributed by atoms with Gasteiger partial charge in [0.1, 0.15) is 5.82 Å². The average Bonchev–Trinajstić information content (AvgIpc) is 3.27. The Bertz CT molecular complexity index is 1070. The van der Waals surface area contributed by atoms with Crippen molar-refractivity contribution in [3.63, 3.8) is 0 Å². The van der Waals surface area contributed by atoms with E-state index in [9.17, 15) is 4.79 Å². The molecule has 0 saturated heterocycles. The van der Waals surface area contributed by atoms with Crippen molar-refractivity contribution in [2.75, 3.05) is 0 Å². The van der Waals surface area contributed by atoms with E-state index >= 15 is 0 Å². The van der Waals surface area contributed by atoms with Crippen LogP contribution >= 0.6 is 0 Å². The first-order valence-electron chi connectivity index (χ1n) is 9.41. The summed E-state index contributed by atoms with van der Waals surface area (Å²) in [6.07, 6.45) is 1.14. The molecule has 0 unspecified atom stereocenters. The maximum Gasteiger partial charge on any atom is 0.220 e. The van der Waals surface area contributed by atoms with Crippen LogP contribution in [0.5, 0.6) is 0 Å². The van der Waals surface area contributed by atoms with E-state index in [0.29, 0.717) is 19.4 Å². The number of aromatic nitrogens is 4. The number of nitrogens with zero attached hydrogens (tertiary/aromatic N) is 3. The van der Waals surface area contributed by atoms with Gasteiger partial charge in [-0.25, -0.2) is 9.67 Å². The highest BCUT2D eigenvalue weighted by molar-refractivity contribution is 5.77. The summed E-state index contributed by atoms with van der Waals surface area (Å²) in [5, 5.41) is 7.43. The van der Waals surface area contributed by atoms with E-state index < -0.39 is 0 Å². The third kappa shape index (κ3) is 3.96. The topological polar surface area (TPSA) is 75.6 Å². The number of aryl methyl sites for hydroxylation is 3. The van der Waals surface area contributed by atoms with Crippen molar-refractivity contribution >= 4 is 16.9 Å². The molecule has 0 aliphatic rings. The van der Waals surface area contributed by atoms with Crippen LogP contribution in [-0.2, 0) is 17.8 Å². The first-order valence-corrected chi connectivity index (χ1v) is 9.41. The molecule has 0 bridgehead atoms. The Morgan fingerprint density at radius 3 is 2.61 bits per heavy atom. The third-order valence-electron chi connectivity index (χ3n) is 4.72. The lowest BCUT2D eigenvalue weighted by atomic mass is 10.1. The van der Waals surface area contributed by atoms with Crippen molar-refractivity contribution in [3.05, 3.63) is 77.4 Å². The molecule has 142 valence electrons. The first kappa shape index (κ1) is 18.0. The van der Waals surface area contributed by atoms with Crippen molar-refractivity contribution < 1.29 is 4.79 Å². The van der Waals surface area contributed by atoms with E-state index in [-0.39, 0.29) is 5.91 Å². The van der Waals surface area contributed by atoms with Crippen LogP contribution in [0.1, 0.15) is 29.2 Å². The van der Waals surface area contributed by atoms with E-state index in [1.807, 2.05) is 54.9 Å². The van der Waals surface area contributed by atoms with Gasteiger partial charge in [-0.05, 0) is 56.2 Å². The number of benzene rings is 2. The predicted molar refractivity (Wildman–Crippen MR) is 109 cm³/mol. The van der Waals surface area contributed by atoms with Gasteiger partial charge in [0.25, 0.3) is 0 Å². The van der Waals surface area contributed by atoms with E-state index in [2.05, 4.69) is 38.6 Å². The minimum absolute atomic E-state index is 0.0167. The van der Waals surface area contributed by atoms with Crippen LogP contribution in [0.3, 0.4) is 0 Å². The normalized spacial score (nSPS) is 11.1. The molecule has 0 spiro atoms. The van der Waals surface area contributed by atoms with E-state index in [1.165, 1.54) is 0 Å². The molecule has 0 atom stereocenters. The summed E-state index contributed by atoms with van der Waals surface area (Å²) in [6.45, 7) is 4.44. The molecule has 2 aromatic carbocycles. The monoisotopic (exact) mass is 373 g/mol. The average molecular weight is 373 g/mol. The first-order chi connectivity index (χ1) is 13.6. The Morgan fingerprint density at radius 1 is 1.11 bits per heavy atom. The molecule has 4 rings (SSSR count). The number of aromatic amines is 1. The lowest BCUT2D eigenvalue weighted by molar-refractivity contribution is -0.121. The summed E-state index contributed by atoms with van der Waals surface area (Å²) in [5.41, 5.74) is 6.16. The number of carbonyl (C=O) groups excluding carboxylic acids is 1. The van der Waals surface area contributed by atoms with Crippen LogP contribution in [0.4, 0.5) is 0 Å².